The van der Waals surface area contributed by atoms with Crippen molar-refractivity contribution < 1.29 is 5.11 Å². The third kappa shape index (κ3) is 2.28. The number of rotatable bonds is 4. The maximum Gasteiger partial charge on any atom is 0.0890 e. The Bertz CT molecular complexity index is 549. The fourth-order valence-electron chi connectivity index (χ4n) is 2.02. The zero-order valence-electron chi connectivity index (χ0n) is 10.7. The van der Waals surface area contributed by atoms with Crippen LogP contribution in [0.1, 0.15) is 30.8 Å². The molecule has 0 saturated carbocycles. The van der Waals surface area contributed by atoms with Gasteiger partial charge in [-0.25, -0.2) is 4.68 Å². The van der Waals surface area contributed by atoms with E-state index in [9.17, 15) is 5.11 Å². The molecule has 0 radical (unpaired) electrons. The van der Waals surface area contributed by atoms with Gasteiger partial charge in [-0.3, -0.25) is 0 Å². The van der Waals surface area contributed by atoms with Gasteiger partial charge in [0.2, 0.25) is 0 Å². The lowest BCUT2D eigenvalue weighted by Crippen LogP contribution is -2.06. The second-order valence-corrected chi connectivity index (χ2v) is 4.56. The molecule has 1 aromatic heterocycles. The van der Waals surface area contributed by atoms with Crippen LogP contribution in [0.2, 0.25) is 5.02 Å². The van der Waals surface area contributed by atoms with E-state index in [-0.39, 0.29) is 6.61 Å². The number of hydrogen-bond acceptors (Lipinski definition) is 2. The zero-order valence-corrected chi connectivity index (χ0v) is 11.4. The summed E-state index contributed by atoms with van der Waals surface area (Å²) < 4.78 is 1.85. The van der Waals surface area contributed by atoms with Gasteiger partial charge in [0.25, 0.3) is 0 Å². The normalized spacial score (nSPS) is 10.9. The van der Waals surface area contributed by atoms with Crippen LogP contribution in [-0.2, 0) is 19.4 Å². The van der Waals surface area contributed by atoms with E-state index in [0.29, 0.717) is 5.02 Å². The molecular formula is C14H17ClN2O. The minimum Gasteiger partial charge on any atom is -0.392 e. The molecule has 0 fully saturated rings. The van der Waals surface area contributed by atoms with Crippen molar-refractivity contribution in [2.24, 2.45) is 0 Å². The highest BCUT2D eigenvalue weighted by atomic mass is 35.5. The fourth-order valence-corrected chi connectivity index (χ4v) is 2.29. The number of aromatic nitrogens is 2. The SMILES string of the molecule is CCc1cc(CC)n(-c2c(Cl)cccc2CO)n1. The molecule has 2 rings (SSSR count). The highest BCUT2D eigenvalue weighted by Crippen LogP contribution is 2.26. The van der Waals surface area contributed by atoms with Crippen LogP contribution in [0.25, 0.3) is 5.69 Å². The summed E-state index contributed by atoms with van der Waals surface area (Å²) in [5.74, 6) is 0. The van der Waals surface area contributed by atoms with Crippen LogP contribution in [0.3, 0.4) is 0 Å². The maximum atomic E-state index is 9.43. The molecule has 0 aliphatic rings. The summed E-state index contributed by atoms with van der Waals surface area (Å²) in [5, 5.41) is 14.6. The van der Waals surface area contributed by atoms with Gasteiger partial charge in [-0.1, -0.05) is 37.6 Å². The van der Waals surface area contributed by atoms with Crippen molar-refractivity contribution in [1.82, 2.24) is 9.78 Å². The first kappa shape index (κ1) is 13.1. The maximum absolute atomic E-state index is 9.43. The number of hydrogen-bond donors (Lipinski definition) is 1. The predicted octanol–water partition coefficient (Wildman–Crippen LogP) is 3.14. The van der Waals surface area contributed by atoms with E-state index in [1.54, 1.807) is 0 Å². The van der Waals surface area contributed by atoms with Crippen molar-refractivity contribution in [2.45, 2.75) is 33.3 Å². The molecule has 96 valence electrons. The number of nitrogens with zero attached hydrogens (tertiary/aromatic N) is 2. The van der Waals surface area contributed by atoms with Crippen LogP contribution in [-0.4, -0.2) is 14.9 Å². The van der Waals surface area contributed by atoms with Crippen LogP contribution >= 0.6 is 11.6 Å². The van der Waals surface area contributed by atoms with Gasteiger partial charge in [-0.2, -0.15) is 5.10 Å². The minimum atomic E-state index is -0.0413. The smallest absolute Gasteiger partial charge is 0.0890 e. The average Bonchev–Trinajstić information content (AvgIpc) is 2.81. The van der Waals surface area contributed by atoms with E-state index in [4.69, 9.17) is 11.6 Å². The highest BCUT2D eigenvalue weighted by molar-refractivity contribution is 6.32. The monoisotopic (exact) mass is 264 g/mol. The molecule has 0 saturated heterocycles. The molecule has 1 heterocycles. The van der Waals surface area contributed by atoms with Crippen LogP contribution in [0.5, 0.6) is 0 Å². The van der Waals surface area contributed by atoms with E-state index >= 15 is 0 Å². The van der Waals surface area contributed by atoms with E-state index < -0.39 is 0 Å². The largest absolute Gasteiger partial charge is 0.392 e. The number of aliphatic hydroxyl groups excluding tert-OH is 1. The molecule has 0 aliphatic heterocycles. The first-order chi connectivity index (χ1) is 8.71. The van der Waals surface area contributed by atoms with Gasteiger partial charge in [0.1, 0.15) is 0 Å². The predicted molar refractivity (Wildman–Crippen MR) is 73.3 cm³/mol. The molecule has 0 bridgehead atoms. The molecule has 2 aromatic rings. The van der Waals surface area contributed by atoms with Crippen molar-refractivity contribution in [2.75, 3.05) is 0 Å². The van der Waals surface area contributed by atoms with Crippen molar-refractivity contribution in [3.63, 3.8) is 0 Å². The Kier molecular flexibility index (Phi) is 4.04. The topological polar surface area (TPSA) is 38.0 Å². The summed E-state index contributed by atoms with van der Waals surface area (Å²) >= 11 is 6.25. The molecule has 0 amide bonds. The first-order valence-electron chi connectivity index (χ1n) is 6.17. The van der Waals surface area contributed by atoms with E-state index in [1.165, 1.54) is 0 Å². The number of benzene rings is 1. The van der Waals surface area contributed by atoms with E-state index in [2.05, 4.69) is 25.0 Å². The van der Waals surface area contributed by atoms with Gasteiger partial charge in [0.05, 0.1) is 23.0 Å². The molecular weight excluding hydrogens is 248 g/mol. The van der Waals surface area contributed by atoms with Crippen molar-refractivity contribution in [3.05, 3.63) is 46.2 Å². The quantitative estimate of drug-likeness (QED) is 0.921. The Morgan fingerprint density at radius 1 is 1.28 bits per heavy atom. The summed E-state index contributed by atoms with van der Waals surface area (Å²) in [6.07, 6.45) is 1.77. The number of aryl methyl sites for hydroxylation is 2. The summed E-state index contributed by atoms with van der Waals surface area (Å²) in [6, 6.07) is 7.62. The Hall–Kier alpha value is -1.32. The van der Waals surface area contributed by atoms with Gasteiger partial charge in [0.15, 0.2) is 0 Å². The Morgan fingerprint density at radius 3 is 2.67 bits per heavy atom. The second kappa shape index (κ2) is 5.55. The molecule has 0 atom stereocenters. The lowest BCUT2D eigenvalue weighted by Gasteiger charge is -2.12. The lowest BCUT2D eigenvalue weighted by atomic mass is 10.2. The van der Waals surface area contributed by atoms with Crippen LogP contribution in [0.15, 0.2) is 24.3 Å². The second-order valence-electron chi connectivity index (χ2n) is 4.15. The van der Waals surface area contributed by atoms with Crippen molar-refractivity contribution >= 4 is 11.6 Å². The third-order valence-corrected chi connectivity index (χ3v) is 3.32. The number of para-hydroxylation sites is 1. The number of halogens is 1. The Balaban J connectivity index is 2.64. The molecule has 18 heavy (non-hydrogen) atoms. The highest BCUT2D eigenvalue weighted by Gasteiger charge is 2.13. The Labute approximate surface area is 112 Å². The Morgan fingerprint density at radius 2 is 2.06 bits per heavy atom. The van der Waals surface area contributed by atoms with Crippen molar-refractivity contribution in [3.8, 4) is 5.69 Å². The average molecular weight is 265 g/mol. The van der Waals surface area contributed by atoms with E-state index in [1.807, 2.05) is 22.9 Å². The molecule has 4 heteroatoms. The standard InChI is InChI=1S/C14H17ClN2O/c1-3-11-8-12(4-2)17(16-11)14-10(9-18)6-5-7-13(14)15/h5-8,18H,3-4,9H2,1-2H3. The van der Waals surface area contributed by atoms with Crippen LogP contribution < -0.4 is 0 Å². The van der Waals surface area contributed by atoms with Gasteiger partial charge in [0, 0.05) is 11.3 Å². The van der Waals surface area contributed by atoms with E-state index in [0.717, 1.165) is 35.5 Å². The molecule has 0 unspecified atom stereocenters. The minimum absolute atomic E-state index is 0.0413. The zero-order chi connectivity index (χ0) is 13.1. The van der Waals surface area contributed by atoms with Crippen molar-refractivity contribution in [1.29, 1.82) is 0 Å². The van der Waals surface area contributed by atoms with Gasteiger partial charge in [-0.15, -0.1) is 0 Å². The summed E-state index contributed by atoms with van der Waals surface area (Å²) in [5.41, 5.74) is 3.73. The third-order valence-electron chi connectivity index (χ3n) is 3.01. The molecule has 0 aliphatic carbocycles. The summed E-state index contributed by atoms with van der Waals surface area (Å²) in [7, 11) is 0. The lowest BCUT2D eigenvalue weighted by molar-refractivity contribution is 0.281. The van der Waals surface area contributed by atoms with Crippen LogP contribution in [0.4, 0.5) is 0 Å². The molecule has 1 aromatic carbocycles. The van der Waals surface area contributed by atoms with Crippen LogP contribution in [0, 0.1) is 0 Å². The summed E-state index contributed by atoms with van der Waals surface area (Å²) in [6.45, 7) is 4.12. The molecule has 3 nitrogen and oxygen atoms in total. The number of aliphatic hydroxyl groups is 1. The van der Waals surface area contributed by atoms with Gasteiger partial charge >= 0.3 is 0 Å². The molecule has 1 N–H and O–H groups in total. The van der Waals surface area contributed by atoms with Gasteiger partial charge in [-0.05, 0) is 25.0 Å². The first-order valence-corrected chi connectivity index (χ1v) is 6.55. The summed E-state index contributed by atoms with van der Waals surface area (Å²) in [4.78, 5) is 0. The fraction of sp³-hybridized carbons (Fsp3) is 0.357. The van der Waals surface area contributed by atoms with Gasteiger partial charge < -0.3 is 5.11 Å². The molecule has 0 spiro atoms.